The highest BCUT2D eigenvalue weighted by molar-refractivity contribution is 7.89. The van der Waals surface area contributed by atoms with Crippen LogP contribution in [0.2, 0.25) is 0 Å². The van der Waals surface area contributed by atoms with E-state index in [4.69, 9.17) is 5.14 Å². The lowest BCUT2D eigenvalue weighted by Gasteiger charge is -2.19. The molecule has 0 aromatic heterocycles. The van der Waals surface area contributed by atoms with Crippen molar-refractivity contribution in [3.05, 3.63) is 35.4 Å². The first-order valence-electron chi connectivity index (χ1n) is 6.89. The van der Waals surface area contributed by atoms with Crippen LogP contribution in [0.25, 0.3) is 0 Å². The Labute approximate surface area is 125 Å². The number of allylic oxidation sites excluding steroid dienone is 2. The van der Waals surface area contributed by atoms with Crippen LogP contribution in [0.1, 0.15) is 30.4 Å². The number of hydrogen-bond acceptors (Lipinski definition) is 3. The van der Waals surface area contributed by atoms with E-state index in [-0.39, 0.29) is 16.7 Å². The number of primary sulfonamides is 1. The molecule has 1 aliphatic rings. The molecule has 0 spiro atoms. The Morgan fingerprint density at radius 1 is 1.29 bits per heavy atom. The summed E-state index contributed by atoms with van der Waals surface area (Å²) in [5, 5.41) is 8.01. The normalized spacial score (nSPS) is 18.5. The van der Waals surface area contributed by atoms with E-state index in [1.165, 1.54) is 12.1 Å². The zero-order chi connectivity index (χ0) is 15.6. The summed E-state index contributed by atoms with van der Waals surface area (Å²) in [4.78, 5) is 12.3. The Balaban J connectivity index is 2.29. The van der Waals surface area contributed by atoms with Gasteiger partial charge in [-0.25, -0.2) is 13.6 Å². The van der Waals surface area contributed by atoms with E-state index in [0.29, 0.717) is 5.69 Å². The van der Waals surface area contributed by atoms with Gasteiger partial charge in [0, 0.05) is 11.6 Å². The van der Waals surface area contributed by atoms with Gasteiger partial charge in [0.1, 0.15) is 0 Å². The number of aryl methyl sites for hydroxylation is 1. The van der Waals surface area contributed by atoms with Crippen molar-refractivity contribution in [2.75, 3.05) is 5.32 Å². The predicted octanol–water partition coefficient (Wildman–Crippen LogP) is 2.25. The van der Waals surface area contributed by atoms with Crippen molar-refractivity contribution >= 4 is 21.6 Å². The summed E-state index contributed by atoms with van der Waals surface area (Å²) in [6.07, 6.45) is 6.51. The molecule has 5 nitrogen and oxygen atoms in total. The van der Waals surface area contributed by atoms with E-state index < -0.39 is 10.0 Å². The summed E-state index contributed by atoms with van der Waals surface area (Å²) < 4.78 is 23.0. The van der Waals surface area contributed by atoms with E-state index in [2.05, 4.69) is 11.4 Å². The summed E-state index contributed by atoms with van der Waals surface area (Å²) in [5.41, 5.74) is 2.14. The molecule has 0 radical (unpaired) electrons. The van der Waals surface area contributed by atoms with Gasteiger partial charge in [0.15, 0.2) is 0 Å². The molecule has 114 valence electrons. The van der Waals surface area contributed by atoms with E-state index in [9.17, 15) is 13.2 Å². The first-order chi connectivity index (χ1) is 9.79. The molecule has 0 aliphatic heterocycles. The van der Waals surface area contributed by atoms with Gasteiger partial charge in [0.2, 0.25) is 15.9 Å². The number of carbonyl (C=O) groups excluding carboxylic acids is 1. The predicted molar refractivity (Wildman–Crippen MR) is 82.4 cm³/mol. The Bertz CT molecular complexity index is 693. The van der Waals surface area contributed by atoms with Crippen LogP contribution >= 0.6 is 0 Å². The third-order valence-corrected chi connectivity index (χ3v) is 4.76. The highest BCUT2D eigenvalue weighted by atomic mass is 32.2. The molecule has 1 aromatic carbocycles. The van der Waals surface area contributed by atoms with Crippen LogP contribution in [0, 0.1) is 19.8 Å². The van der Waals surface area contributed by atoms with E-state index in [0.717, 1.165) is 30.4 Å². The third-order valence-electron chi connectivity index (χ3n) is 3.87. The first-order valence-corrected chi connectivity index (χ1v) is 8.43. The number of nitrogens with two attached hydrogens (primary N) is 1. The van der Waals surface area contributed by atoms with Gasteiger partial charge in [-0.05, 0) is 56.4 Å². The number of nitrogens with one attached hydrogen (secondary N) is 1. The maximum atomic E-state index is 12.3. The zero-order valence-electron chi connectivity index (χ0n) is 12.2. The number of hydrogen-bond donors (Lipinski definition) is 2. The number of carbonyl (C=O) groups is 1. The van der Waals surface area contributed by atoms with Crippen LogP contribution in [-0.4, -0.2) is 14.3 Å². The Kier molecular flexibility index (Phi) is 4.49. The second kappa shape index (κ2) is 5.99. The summed E-state index contributed by atoms with van der Waals surface area (Å²) in [7, 11) is -3.79. The van der Waals surface area contributed by atoms with E-state index >= 15 is 0 Å². The van der Waals surface area contributed by atoms with Crippen LogP contribution < -0.4 is 10.5 Å². The molecular formula is C15H20N2O3S. The second-order valence-corrected chi connectivity index (χ2v) is 6.99. The summed E-state index contributed by atoms with van der Waals surface area (Å²) in [5.74, 6) is -0.138. The summed E-state index contributed by atoms with van der Waals surface area (Å²) in [6, 6.07) is 2.94. The van der Waals surface area contributed by atoms with E-state index in [1.54, 1.807) is 6.92 Å². The first kappa shape index (κ1) is 15.7. The topological polar surface area (TPSA) is 89.3 Å². The fraction of sp³-hybridized carbons (Fsp3) is 0.400. The van der Waals surface area contributed by atoms with Gasteiger partial charge in [-0.3, -0.25) is 4.79 Å². The summed E-state index contributed by atoms with van der Waals surface area (Å²) in [6.45, 7) is 3.64. The number of amides is 1. The Morgan fingerprint density at radius 3 is 2.57 bits per heavy atom. The molecule has 1 atom stereocenters. The second-order valence-electron chi connectivity index (χ2n) is 5.43. The molecule has 6 heteroatoms. The van der Waals surface area contributed by atoms with Crippen LogP contribution in [-0.2, 0) is 14.8 Å². The quantitative estimate of drug-likeness (QED) is 0.839. The monoisotopic (exact) mass is 308 g/mol. The Hall–Kier alpha value is -1.66. The van der Waals surface area contributed by atoms with Crippen molar-refractivity contribution in [1.82, 2.24) is 0 Å². The largest absolute Gasteiger partial charge is 0.326 e. The van der Waals surface area contributed by atoms with Gasteiger partial charge >= 0.3 is 0 Å². The standard InChI is InChI=1S/C15H20N2O3S/c1-10-8-13(21(16,19)20)9-14(11(10)2)17-15(18)12-6-4-3-5-7-12/h3-4,8-9,12H,5-7H2,1-2H3,(H,17,18)(H2,16,19,20)/t12-/m0/s1. The molecule has 1 aromatic rings. The van der Waals surface area contributed by atoms with Gasteiger partial charge in [-0.1, -0.05) is 12.2 Å². The van der Waals surface area contributed by atoms with Gasteiger partial charge in [0.25, 0.3) is 0 Å². The maximum absolute atomic E-state index is 12.3. The lowest BCUT2D eigenvalue weighted by atomic mass is 9.93. The molecule has 21 heavy (non-hydrogen) atoms. The van der Waals surface area contributed by atoms with Gasteiger partial charge in [-0.15, -0.1) is 0 Å². The molecule has 1 aliphatic carbocycles. The summed E-state index contributed by atoms with van der Waals surface area (Å²) >= 11 is 0. The highest BCUT2D eigenvalue weighted by Crippen LogP contribution is 2.26. The maximum Gasteiger partial charge on any atom is 0.238 e. The minimum atomic E-state index is -3.79. The lowest BCUT2D eigenvalue weighted by Crippen LogP contribution is -2.24. The molecule has 0 bridgehead atoms. The van der Waals surface area contributed by atoms with Crippen LogP contribution in [0.3, 0.4) is 0 Å². The van der Waals surface area contributed by atoms with Crippen LogP contribution in [0.4, 0.5) is 5.69 Å². The van der Waals surface area contributed by atoms with Crippen molar-refractivity contribution in [2.45, 2.75) is 38.0 Å². The lowest BCUT2D eigenvalue weighted by molar-refractivity contribution is -0.120. The SMILES string of the molecule is Cc1cc(S(N)(=O)=O)cc(NC(=O)[C@H]2CC=CCC2)c1C. The fourth-order valence-electron chi connectivity index (χ4n) is 2.39. The minimum Gasteiger partial charge on any atom is -0.326 e. The van der Waals surface area contributed by atoms with Crippen molar-refractivity contribution in [3.63, 3.8) is 0 Å². The zero-order valence-corrected chi connectivity index (χ0v) is 13.0. The molecule has 0 fully saturated rings. The van der Waals surface area contributed by atoms with Crippen molar-refractivity contribution in [3.8, 4) is 0 Å². The minimum absolute atomic E-state index is 0.0180. The number of anilines is 1. The van der Waals surface area contributed by atoms with Crippen LogP contribution in [0.15, 0.2) is 29.2 Å². The van der Waals surface area contributed by atoms with Crippen molar-refractivity contribution < 1.29 is 13.2 Å². The average Bonchev–Trinajstić information content (AvgIpc) is 2.43. The highest BCUT2D eigenvalue weighted by Gasteiger charge is 2.20. The molecule has 2 rings (SSSR count). The van der Waals surface area contributed by atoms with Gasteiger partial charge in [-0.2, -0.15) is 0 Å². The van der Waals surface area contributed by atoms with Crippen molar-refractivity contribution in [1.29, 1.82) is 0 Å². The fourth-order valence-corrected chi connectivity index (χ4v) is 3.01. The number of rotatable bonds is 3. The van der Waals surface area contributed by atoms with Crippen LogP contribution in [0.5, 0.6) is 0 Å². The number of benzene rings is 1. The number of sulfonamides is 1. The smallest absolute Gasteiger partial charge is 0.238 e. The third kappa shape index (κ3) is 3.71. The van der Waals surface area contributed by atoms with Gasteiger partial charge < -0.3 is 5.32 Å². The molecule has 3 N–H and O–H groups in total. The molecule has 1 amide bonds. The molecule has 0 unspecified atom stereocenters. The molecular weight excluding hydrogens is 288 g/mol. The van der Waals surface area contributed by atoms with Crippen molar-refractivity contribution in [2.24, 2.45) is 11.1 Å². The van der Waals surface area contributed by atoms with Gasteiger partial charge in [0.05, 0.1) is 4.90 Å². The Morgan fingerprint density at radius 2 is 2.00 bits per heavy atom. The molecule has 0 heterocycles. The molecule has 0 saturated carbocycles. The average molecular weight is 308 g/mol. The molecule has 0 saturated heterocycles. The van der Waals surface area contributed by atoms with E-state index in [1.807, 2.05) is 13.0 Å².